The fourth-order valence-corrected chi connectivity index (χ4v) is 4.87. The maximum atomic E-state index is 14.1. The number of halogens is 2. The number of hydrogen-bond acceptors (Lipinski definition) is 6. The topological polar surface area (TPSA) is 64.6 Å². The summed E-state index contributed by atoms with van der Waals surface area (Å²) >= 11 is 0. The number of benzene rings is 1. The number of rotatable bonds is 10. The summed E-state index contributed by atoms with van der Waals surface area (Å²) in [6.07, 6.45) is 8.97. The molecule has 1 unspecified atom stereocenters. The molecule has 2 atom stereocenters. The first-order valence-corrected chi connectivity index (χ1v) is 14.0. The maximum absolute atomic E-state index is 14.1. The van der Waals surface area contributed by atoms with E-state index in [0.717, 1.165) is 43.9 Å². The molecular formula is C30H45F2N3O3. The van der Waals surface area contributed by atoms with Gasteiger partial charge >= 0.3 is 0 Å². The molecule has 4 rings (SSSR count). The SMILES string of the molecule is CC.CCC.COCc1cnc(N2CCC(C3C[C@H]3CCOc3cc(F)c(CC(C)=O)c(F)c3)CC2)nc1. The predicted molar refractivity (Wildman–Crippen MR) is 147 cm³/mol. The lowest BCUT2D eigenvalue weighted by Crippen LogP contribution is -2.35. The van der Waals surface area contributed by atoms with Gasteiger partial charge in [0.2, 0.25) is 5.95 Å². The van der Waals surface area contributed by atoms with E-state index in [-0.39, 0.29) is 23.5 Å². The van der Waals surface area contributed by atoms with Gasteiger partial charge in [0.15, 0.2) is 0 Å². The van der Waals surface area contributed by atoms with Crippen molar-refractivity contribution in [2.24, 2.45) is 17.8 Å². The molecule has 6 nitrogen and oxygen atoms in total. The molecule has 38 heavy (non-hydrogen) atoms. The lowest BCUT2D eigenvalue weighted by Gasteiger charge is -2.32. The molecular weight excluding hydrogens is 488 g/mol. The van der Waals surface area contributed by atoms with Crippen LogP contribution in [0.5, 0.6) is 5.75 Å². The Labute approximate surface area is 227 Å². The molecule has 0 amide bonds. The molecule has 1 aromatic carbocycles. The number of carbonyl (C=O) groups excluding carboxylic acids is 1. The number of anilines is 1. The zero-order valence-corrected chi connectivity index (χ0v) is 23.9. The minimum absolute atomic E-state index is 0.180. The minimum Gasteiger partial charge on any atom is -0.493 e. The van der Waals surface area contributed by atoms with Crippen molar-refractivity contribution in [1.29, 1.82) is 0 Å². The lowest BCUT2D eigenvalue weighted by molar-refractivity contribution is -0.116. The molecule has 0 N–H and O–H groups in total. The number of ketones is 1. The first-order chi connectivity index (χ1) is 18.4. The second-order valence-corrected chi connectivity index (χ2v) is 9.90. The standard InChI is InChI=1S/C25H31F2N3O3.C3H8.C2H6/c1-16(31)9-22-23(26)11-20(12-24(22)27)33-8-5-19-10-21(19)18-3-6-30(7-4-18)25-28-13-17(14-29-25)15-32-2;1-3-2;1-2/h11-14,18-19,21H,3-10,15H2,1-2H3;3H2,1-2H3;1-2H3/t19-,21?;;/m1../s1. The third-order valence-electron chi connectivity index (χ3n) is 6.71. The highest BCUT2D eigenvalue weighted by atomic mass is 19.1. The van der Waals surface area contributed by atoms with E-state index in [1.807, 2.05) is 26.2 Å². The Morgan fingerprint density at radius 2 is 1.66 bits per heavy atom. The Bertz CT molecular complexity index is 956. The van der Waals surface area contributed by atoms with Crippen molar-refractivity contribution in [3.05, 3.63) is 47.3 Å². The highest BCUT2D eigenvalue weighted by Crippen LogP contribution is 2.49. The molecule has 1 saturated heterocycles. The second-order valence-electron chi connectivity index (χ2n) is 9.90. The van der Waals surface area contributed by atoms with E-state index in [2.05, 4.69) is 28.7 Å². The quantitative estimate of drug-likeness (QED) is 0.335. The number of carbonyl (C=O) groups is 1. The average Bonchev–Trinajstić information content (AvgIpc) is 3.68. The summed E-state index contributed by atoms with van der Waals surface area (Å²) in [6, 6.07) is 2.34. The third-order valence-corrected chi connectivity index (χ3v) is 6.71. The molecule has 1 saturated carbocycles. The molecule has 2 aromatic rings. The summed E-state index contributed by atoms with van der Waals surface area (Å²) in [5.74, 6) is 1.23. The first kappa shape index (κ1) is 31.6. The summed E-state index contributed by atoms with van der Waals surface area (Å²) < 4.78 is 38.9. The van der Waals surface area contributed by atoms with Crippen molar-refractivity contribution in [1.82, 2.24) is 9.97 Å². The molecule has 8 heteroatoms. The first-order valence-electron chi connectivity index (χ1n) is 14.0. The molecule has 1 aromatic heterocycles. The monoisotopic (exact) mass is 533 g/mol. The highest BCUT2D eigenvalue weighted by Gasteiger charge is 2.43. The smallest absolute Gasteiger partial charge is 0.225 e. The van der Waals surface area contributed by atoms with Gasteiger partial charge in [0, 0.05) is 62.3 Å². The van der Waals surface area contributed by atoms with Crippen LogP contribution in [0, 0.1) is 29.4 Å². The van der Waals surface area contributed by atoms with Gasteiger partial charge in [-0.15, -0.1) is 0 Å². The van der Waals surface area contributed by atoms with Gasteiger partial charge in [-0.25, -0.2) is 18.7 Å². The van der Waals surface area contributed by atoms with Gasteiger partial charge in [-0.3, -0.25) is 4.79 Å². The molecule has 212 valence electrons. The van der Waals surface area contributed by atoms with Gasteiger partial charge in [-0.2, -0.15) is 0 Å². The van der Waals surface area contributed by atoms with Crippen LogP contribution in [0.15, 0.2) is 24.5 Å². The van der Waals surface area contributed by atoms with Crippen LogP contribution in [0.2, 0.25) is 0 Å². The van der Waals surface area contributed by atoms with Crippen molar-refractivity contribution >= 4 is 11.7 Å². The van der Waals surface area contributed by atoms with Crippen LogP contribution < -0.4 is 9.64 Å². The molecule has 2 heterocycles. The van der Waals surface area contributed by atoms with Crippen molar-refractivity contribution in [2.75, 3.05) is 31.7 Å². The van der Waals surface area contributed by atoms with E-state index in [1.165, 1.54) is 31.9 Å². The van der Waals surface area contributed by atoms with Gasteiger partial charge in [0.25, 0.3) is 0 Å². The van der Waals surface area contributed by atoms with Gasteiger partial charge in [-0.05, 0) is 50.4 Å². The normalized spacial score (nSPS) is 18.6. The van der Waals surface area contributed by atoms with E-state index >= 15 is 0 Å². The number of methoxy groups -OCH3 is 1. The van der Waals surface area contributed by atoms with Crippen molar-refractivity contribution in [3.8, 4) is 5.75 Å². The molecule has 2 aliphatic rings. The molecule has 1 aliphatic carbocycles. The van der Waals surface area contributed by atoms with Crippen molar-refractivity contribution in [2.45, 2.75) is 79.8 Å². The van der Waals surface area contributed by atoms with Gasteiger partial charge < -0.3 is 14.4 Å². The number of aromatic nitrogens is 2. The van der Waals surface area contributed by atoms with Gasteiger partial charge in [-0.1, -0.05) is 34.1 Å². The highest BCUT2D eigenvalue weighted by molar-refractivity contribution is 5.78. The van der Waals surface area contributed by atoms with Crippen molar-refractivity contribution in [3.63, 3.8) is 0 Å². The third kappa shape index (κ3) is 9.61. The zero-order chi connectivity index (χ0) is 28.1. The van der Waals surface area contributed by atoms with E-state index in [9.17, 15) is 13.6 Å². The molecule has 2 fully saturated rings. The van der Waals surface area contributed by atoms with Crippen LogP contribution in [0.3, 0.4) is 0 Å². The maximum Gasteiger partial charge on any atom is 0.225 e. The molecule has 0 radical (unpaired) electrons. The number of hydrogen-bond donors (Lipinski definition) is 0. The summed E-state index contributed by atoms with van der Waals surface area (Å²) in [4.78, 5) is 22.3. The van der Waals surface area contributed by atoms with E-state index in [1.54, 1.807) is 7.11 Å². The van der Waals surface area contributed by atoms with E-state index in [0.29, 0.717) is 31.0 Å². The molecule has 0 spiro atoms. The van der Waals surface area contributed by atoms with Crippen molar-refractivity contribution < 1.29 is 23.0 Å². The van der Waals surface area contributed by atoms with Gasteiger partial charge in [0.05, 0.1) is 13.2 Å². The Kier molecular flexibility index (Phi) is 13.6. The summed E-state index contributed by atoms with van der Waals surface area (Å²) in [5, 5.41) is 0. The van der Waals surface area contributed by atoms with Crippen LogP contribution >= 0.6 is 0 Å². The zero-order valence-electron chi connectivity index (χ0n) is 23.9. The summed E-state index contributed by atoms with van der Waals surface area (Å²) in [6.45, 7) is 12.4. The number of Topliss-reactive ketones (excluding diaryl/α,β-unsaturated/α-hetero) is 1. The Balaban J connectivity index is 0.000000947. The van der Waals surface area contributed by atoms with Crippen LogP contribution in [0.25, 0.3) is 0 Å². The van der Waals surface area contributed by atoms with Crippen LogP contribution in [-0.4, -0.2) is 42.6 Å². The van der Waals surface area contributed by atoms with E-state index < -0.39 is 11.6 Å². The Morgan fingerprint density at radius 3 is 2.18 bits per heavy atom. The number of piperidine rings is 1. The summed E-state index contributed by atoms with van der Waals surface area (Å²) in [5.41, 5.74) is 0.774. The van der Waals surface area contributed by atoms with Crippen LogP contribution in [0.4, 0.5) is 14.7 Å². The molecule has 0 bridgehead atoms. The number of nitrogens with zero attached hydrogens (tertiary/aromatic N) is 3. The minimum atomic E-state index is -0.728. The predicted octanol–water partition coefficient (Wildman–Crippen LogP) is 6.80. The van der Waals surface area contributed by atoms with Crippen LogP contribution in [-0.2, 0) is 22.6 Å². The van der Waals surface area contributed by atoms with E-state index in [4.69, 9.17) is 9.47 Å². The van der Waals surface area contributed by atoms with Gasteiger partial charge in [0.1, 0.15) is 23.2 Å². The van der Waals surface area contributed by atoms with Crippen LogP contribution in [0.1, 0.15) is 77.8 Å². The summed E-state index contributed by atoms with van der Waals surface area (Å²) in [7, 11) is 1.66. The Hall–Kier alpha value is -2.61. The molecule has 1 aliphatic heterocycles. The average molecular weight is 534 g/mol. The fourth-order valence-electron chi connectivity index (χ4n) is 4.87. The Morgan fingerprint density at radius 1 is 1.08 bits per heavy atom. The fraction of sp³-hybridized carbons (Fsp3) is 0.633. The lowest BCUT2D eigenvalue weighted by atomic mass is 9.90. The second kappa shape index (κ2) is 16.4. The number of ether oxygens (including phenoxy) is 2. The largest absolute Gasteiger partial charge is 0.493 e.